The van der Waals surface area contributed by atoms with Crippen molar-refractivity contribution in [3.63, 3.8) is 0 Å². The molecular weight excluding hydrogens is 404 g/mol. The minimum atomic E-state index is -3.83. The lowest BCUT2D eigenvalue weighted by Gasteiger charge is -2.38. The lowest BCUT2D eigenvalue weighted by molar-refractivity contribution is -0.120. The zero-order chi connectivity index (χ0) is 20.0. The fourth-order valence-electron chi connectivity index (χ4n) is 3.31. The number of aromatic nitrogens is 1. The Bertz CT molecular complexity index is 969. The van der Waals surface area contributed by atoms with Crippen molar-refractivity contribution in [2.75, 3.05) is 5.32 Å². The molecule has 1 N–H and O–H groups in total. The fraction of sp³-hybridized carbons (Fsp3) is 0.474. The average Bonchev–Trinajstić information content (AvgIpc) is 2.86. The SMILES string of the molecule is Cc1nc(NC(=O)C2(S(=O)(=O)c3ccc(Cl)cc3)CCC2)sc1C(C)(C)C. The first kappa shape index (κ1) is 20.3. The number of halogens is 1. The van der Waals surface area contributed by atoms with Crippen molar-refractivity contribution < 1.29 is 13.2 Å². The summed E-state index contributed by atoms with van der Waals surface area (Å²) in [6.07, 6.45) is 1.31. The van der Waals surface area contributed by atoms with Gasteiger partial charge in [-0.05, 0) is 55.9 Å². The quantitative estimate of drug-likeness (QED) is 0.766. The number of nitrogens with one attached hydrogen (secondary N) is 1. The van der Waals surface area contributed by atoms with Gasteiger partial charge in [0.25, 0.3) is 0 Å². The number of aryl methyl sites for hydroxylation is 1. The molecule has 0 radical (unpaired) electrons. The summed E-state index contributed by atoms with van der Waals surface area (Å²) < 4.78 is 24.9. The van der Waals surface area contributed by atoms with E-state index >= 15 is 0 Å². The molecule has 1 saturated carbocycles. The average molecular weight is 427 g/mol. The zero-order valence-corrected chi connectivity index (χ0v) is 18.2. The fourth-order valence-corrected chi connectivity index (χ4v) is 6.52. The summed E-state index contributed by atoms with van der Waals surface area (Å²) in [4.78, 5) is 18.6. The molecule has 1 aliphatic rings. The van der Waals surface area contributed by atoms with Crippen LogP contribution in [0.3, 0.4) is 0 Å². The van der Waals surface area contributed by atoms with Crippen LogP contribution in [0.1, 0.15) is 50.6 Å². The van der Waals surface area contributed by atoms with Crippen LogP contribution in [0.4, 0.5) is 5.13 Å². The second kappa shape index (κ2) is 6.87. The van der Waals surface area contributed by atoms with E-state index in [0.29, 0.717) is 29.4 Å². The van der Waals surface area contributed by atoms with E-state index in [0.717, 1.165) is 10.6 Å². The molecule has 1 amide bonds. The molecule has 0 unspecified atom stereocenters. The highest BCUT2D eigenvalue weighted by Crippen LogP contribution is 2.44. The Morgan fingerprint density at radius 2 is 1.81 bits per heavy atom. The highest BCUT2D eigenvalue weighted by molar-refractivity contribution is 7.93. The minimum absolute atomic E-state index is 0.0890. The van der Waals surface area contributed by atoms with Crippen LogP contribution in [0, 0.1) is 6.92 Å². The maximum atomic E-state index is 13.2. The van der Waals surface area contributed by atoms with E-state index in [9.17, 15) is 13.2 Å². The van der Waals surface area contributed by atoms with E-state index in [2.05, 4.69) is 31.1 Å². The van der Waals surface area contributed by atoms with Gasteiger partial charge in [-0.2, -0.15) is 0 Å². The van der Waals surface area contributed by atoms with Crippen LogP contribution in [-0.2, 0) is 20.0 Å². The number of thiazole rings is 1. The first-order valence-corrected chi connectivity index (χ1v) is 11.4. The molecule has 1 aliphatic carbocycles. The number of carbonyl (C=O) groups excluding carboxylic acids is 1. The van der Waals surface area contributed by atoms with Gasteiger partial charge in [-0.25, -0.2) is 13.4 Å². The predicted molar refractivity (Wildman–Crippen MR) is 109 cm³/mol. The second-order valence-electron chi connectivity index (χ2n) is 7.94. The molecule has 5 nitrogen and oxygen atoms in total. The zero-order valence-electron chi connectivity index (χ0n) is 15.8. The van der Waals surface area contributed by atoms with E-state index in [4.69, 9.17) is 11.6 Å². The highest BCUT2D eigenvalue weighted by atomic mass is 35.5. The number of rotatable bonds is 4. The smallest absolute Gasteiger partial charge is 0.248 e. The lowest BCUT2D eigenvalue weighted by atomic mass is 9.83. The van der Waals surface area contributed by atoms with Crippen molar-refractivity contribution in [1.29, 1.82) is 0 Å². The standard InChI is InChI=1S/C19H23ClN2O3S2/c1-12-15(18(2,3)4)26-17(21-12)22-16(23)19(10-5-11-19)27(24,25)14-8-6-13(20)7-9-14/h6-9H,5,10-11H2,1-4H3,(H,21,22,23). The summed E-state index contributed by atoms with van der Waals surface area (Å²) >= 11 is 7.27. The Hall–Kier alpha value is -1.44. The summed E-state index contributed by atoms with van der Waals surface area (Å²) in [7, 11) is -3.83. The molecule has 0 spiro atoms. The number of anilines is 1. The van der Waals surface area contributed by atoms with E-state index in [1.165, 1.54) is 35.6 Å². The minimum Gasteiger partial charge on any atom is -0.301 e. The Morgan fingerprint density at radius 3 is 2.26 bits per heavy atom. The molecule has 2 aromatic rings. The van der Waals surface area contributed by atoms with Gasteiger partial charge in [0.15, 0.2) is 19.7 Å². The molecule has 1 aromatic heterocycles. The van der Waals surface area contributed by atoms with Crippen molar-refractivity contribution >= 4 is 43.8 Å². The van der Waals surface area contributed by atoms with Crippen LogP contribution in [0.25, 0.3) is 0 Å². The Kier molecular flexibility index (Phi) is 5.16. The van der Waals surface area contributed by atoms with Gasteiger partial charge >= 0.3 is 0 Å². The maximum Gasteiger partial charge on any atom is 0.248 e. The molecule has 146 valence electrons. The summed E-state index contributed by atoms with van der Waals surface area (Å²) in [5.41, 5.74) is 0.764. The van der Waals surface area contributed by atoms with Gasteiger partial charge in [0.1, 0.15) is 0 Å². The molecule has 27 heavy (non-hydrogen) atoms. The van der Waals surface area contributed by atoms with Crippen molar-refractivity contribution in [2.24, 2.45) is 0 Å². The third kappa shape index (κ3) is 3.52. The van der Waals surface area contributed by atoms with Gasteiger partial charge in [0.2, 0.25) is 5.91 Å². The van der Waals surface area contributed by atoms with Crippen molar-refractivity contribution in [3.8, 4) is 0 Å². The first-order valence-electron chi connectivity index (χ1n) is 8.77. The number of sulfone groups is 1. The molecule has 0 atom stereocenters. The van der Waals surface area contributed by atoms with Crippen LogP contribution in [0.15, 0.2) is 29.2 Å². The van der Waals surface area contributed by atoms with Gasteiger partial charge in [0, 0.05) is 9.90 Å². The maximum absolute atomic E-state index is 13.2. The van der Waals surface area contributed by atoms with E-state index in [1.807, 2.05) is 6.92 Å². The number of amides is 1. The number of nitrogens with zero attached hydrogens (tertiary/aromatic N) is 1. The molecule has 1 aromatic carbocycles. The normalized spacial score (nSPS) is 16.6. The largest absolute Gasteiger partial charge is 0.301 e. The first-order chi connectivity index (χ1) is 12.5. The summed E-state index contributed by atoms with van der Waals surface area (Å²) in [6.45, 7) is 8.14. The monoisotopic (exact) mass is 426 g/mol. The van der Waals surface area contributed by atoms with Crippen LogP contribution < -0.4 is 5.32 Å². The molecule has 0 saturated heterocycles. The van der Waals surface area contributed by atoms with Gasteiger partial charge in [-0.3, -0.25) is 4.79 Å². The van der Waals surface area contributed by atoms with Crippen molar-refractivity contribution in [3.05, 3.63) is 39.9 Å². The molecule has 8 heteroatoms. The van der Waals surface area contributed by atoms with Crippen molar-refractivity contribution in [2.45, 2.75) is 62.0 Å². The molecular formula is C19H23ClN2O3S2. The summed E-state index contributed by atoms with van der Waals surface area (Å²) in [5, 5.41) is 3.67. The van der Waals surface area contributed by atoms with Gasteiger partial charge in [0.05, 0.1) is 10.6 Å². The molecule has 1 heterocycles. The molecule has 3 rings (SSSR count). The summed E-state index contributed by atoms with van der Waals surface area (Å²) in [5.74, 6) is -0.502. The van der Waals surface area contributed by atoms with Gasteiger partial charge in [-0.1, -0.05) is 32.4 Å². The molecule has 1 fully saturated rings. The number of benzene rings is 1. The number of hydrogen-bond donors (Lipinski definition) is 1. The van der Waals surface area contributed by atoms with Crippen LogP contribution in [-0.4, -0.2) is 24.1 Å². The summed E-state index contributed by atoms with van der Waals surface area (Å²) in [6, 6.07) is 5.96. The van der Waals surface area contributed by atoms with Crippen molar-refractivity contribution in [1.82, 2.24) is 4.98 Å². The van der Waals surface area contributed by atoms with E-state index in [1.54, 1.807) is 0 Å². The van der Waals surface area contributed by atoms with Crippen LogP contribution in [0.5, 0.6) is 0 Å². The van der Waals surface area contributed by atoms with Crippen LogP contribution >= 0.6 is 22.9 Å². The number of hydrogen-bond acceptors (Lipinski definition) is 5. The van der Waals surface area contributed by atoms with E-state index < -0.39 is 20.5 Å². The number of carbonyl (C=O) groups is 1. The van der Waals surface area contributed by atoms with Gasteiger partial charge < -0.3 is 5.32 Å². The van der Waals surface area contributed by atoms with E-state index in [-0.39, 0.29) is 10.3 Å². The van der Waals surface area contributed by atoms with Crippen LogP contribution in [0.2, 0.25) is 5.02 Å². The van der Waals surface area contributed by atoms with Gasteiger partial charge in [-0.15, -0.1) is 11.3 Å². The molecule has 0 aliphatic heterocycles. The predicted octanol–water partition coefficient (Wildman–Crippen LogP) is 4.74. The third-order valence-electron chi connectivity index (χ3n) is 4.91. The Morgan fingerprint density at radius 1 is 1.22 bits per heavy atom. The Balaban J connectivity index is 1.91. The lowest BCUT2D eigenvalue weighted by Crippen LogP contribution is -2.54. The third-order valence-corrected chi connectivity index (χ3v) is 9.18. The highest BCUT2D eigenvalue weighted by Gasteiger charge is 2.55. The second-order valence-corrected chi connectivity index (χ2v) is 11.6. The topological polar surface area (TPSA) is 76.1 Å². The Labute approximate surface area is 169 Å². The molecule has 0 bridgehead atoms.